The first-order chi connectivity index (χ1) is 18.7. The molecule has 3 heteroatoms. The van der Waals surface area contributed by atoms with Crippen molar-refractivity contribution in [2.24, 2.45) is 46.3 Å². The van der Waals surface area contributed by atoms with E-state index in [4.69, 9.17) is 9.47 Å². The average molecular weight is 535 g/mol. The minimum absolute atomic E-state index is 0.0349. The van der Waals surface area contributed by atoms with E-state index in [1.165, 1.54) is 50.5 Å². The van der Waals surface area contributed by atoms with Crippen LogP contribution in [0.25, 0.3) is 0 Å². The minimum atomic E-state index is -0.187. The molecule has 9 atom stereocenters. The quantitative estimate of drug-likeness (QED) is 0.234. The lowest BCUT2D eigenvalue weighted by molar-refractivity contribution is -0.113. The molecule has 0 aromatic heterocycles. The summed E-state index contributed by atoms with van der Waals surface area (Å²) in [5.41, 5.74) is 2.80. The van der Waals surface area contributed by atoms with Gasteiger partial charge in [-0.25, -0.2) is 4.79 Å². The van der Waals surface area contributed by atoms with Gasteiger partial charge in [0.2, 0.25) is 0 Å². The molecule has 0 radical (unpaired) electrons. The van der Waals surface area contributed by atoms with Crippen molar-refractivity contribution in [2.75, 3.05) is 6.61 Å². The summed E-state index contributed by atoms with van der Waals surface area (Å²) in [7, 11) is 0. The van der Waals surface area contributed by atoms with Gasteiger partial charge < -0.3 is 9.47 Å². The molecule has 1 aromatic carbocycles. The lowest BCUT2D eigenvalue weighted by Crippen LogP contribution is -2.55. The molecule has 0 spiro atoms. The molecule has 0 saturated heterocycles. The zero-order chi connectivity index (χ0) is 27.8. The molecule has 0 aliphatic heterocycles. The van der Waals surface area contributed by atoms with Crippen LogP contribution in [0.5, 0.6) is 0 Å². The number of carbonyl (C=O) groups excluding carboxylic acids is 1. The molecule has 4 aliphatic rings. The molecular weight excluding hydrogens is 480 g/mol. The fourth-order valence-corrected chi connectivity index (χ4v) is 9.86. The van der Waals surface area contributed by atoms with E-state index in [1.807, 2.05) is 30.3 Å². The summed E-state index contributed by atoms with van der Waals surface area (Å²) in [6, 6.07) is 9.45. The molecule has 216 valence electrons. The molecule has 1 aromatic rings. The van der Waals surface area contributed by atoms with Gasteiger partial charge in [0.1, 0.15) is 6.10 Å². The first kappa shape index (κ1) is 28.9. The second-order valence-electron chi connectivity index (χ2n) is 14.5. The van der Waals surface area contributed by atoms with Gasteiger partial charge in [-0.15, -0.1) is 0 Å². The Balaban J connectivity index is 1.34. The summed E-state index contributed by atoms with van der Waals surface area (Å²) in [5, 5.41) is 0. The summed E-state index contributed by atoms with van der Waals surface area (Å²) < 4.78 is 12.6. The van der Waals surface area contributed by atoms with Gasteiger partial charge >= 0.3 is 5.97 Å². The predicted octanol–water partition coefficient (Wildman–Crippen LogP) is 9.27. The number of benzene rings is 1. The first-order valence-electron chi connectivity index (χ1n) is 16.3. The van der Waals surface area contributed by atoms with Crippen molar-refractivity contribution in [3.05, 3.63) is 47.5 Å². The van der Waals surface area contributed by atoms with Gasteiger partial charge in [-0.1, -0.05) is 83.7 Å². The maximum Gasteiger partial charge on any atom is 0.338 e. The third-order valence-corrected chi connectivity index (χ3v) is 11.9. The Morgan fingerprint density at radius 3 is 2.46 bits per heavy atom. The summed E-state index contributed by atoms with van der Waals surface area (Å²) in [5.74, 6) is 4.35. The van der Waals surface area contributed by atoms with Gasteiger partial charge in [-0.3, -0.25) is 0 Å². The summed E-state index contributed by atoms with van der Waals surface area (Å²) in [6.07, 6.45) is 15.2. The fraction of sp³-hybridized carbons (Fsp3) is 0.750. The first-order valence-corrected chi connectivity index (χ1v) is 16.3. The highest BCUT2D eigenvalue weighted by Crippen LogP contribution is 2.67. The topological polar surface area (TPSA) is 35.5 Å². The smallest absolute Gasteiger partial charge is 0.338 e. The highest BCUT2D eigenvalue weighted by molar-refractivity contribution is 5.89. The molecule has 0 heterocycles. The van der Waals surface area contributed by atoms with Crippen LogP contribution in [-0.2, 0) is 9.47 Å². The normalized spacial score (nSPS) is 38.4. The van der Waals surface area contributed by atoms with Gasteiger partial charge in [0.15, 0.2) is 0 Å². The standard InChI is InChI=1S/C36H54O3/c1-7-38-32-23-27-22-28(39-34(37)26-14-9-8-10-15-26)18-20-35(27,5)31-19-21-36(6)29(16-17-30(36)33(31)32)25(4)13-11-12-24(2)3/h8-10,14-15,23-25,28-33H,7,11-13,16-22H2,1-6H3/t25-,28+,29+,30-,31-,32-,33-,35+,36+/m1/s1. The van der Waals surface area contributed by atoms with Crippen LogP contribution in [0.15, 0.2) is 42.0 Å². The number of fused-ring (bicyclic) bond motifs is 5. The Kier molecular flexibility index (Phi) is 8.68. The van der Waals surface area contributed by atoms with Gasteiger partial charge in [0.25, 0.3) is 0 Å². The highest BCUT2D eigenvalue weighted by Gasteiger charge is 2.61. The Labute approximate surface area is 238 Å². The van der Waals surface area contributed by atoms with Crippen molar-refractivity contribution in [3.63, 3.8) is 0 Å². The maximum atomic E-state index is 12.8. The molecule has 39 heavy (non-hydrogen) atoms. The predicted molar refractivity (Wildman–Crippen MR) is 159 cm³/mol. The van der Waals surface area contributed by atoms with Crippen molar-refractivity contribution < 1.29 is 14.3 Å². The number of carbonyl (C=O) groups is 1. The van der Waals surface area contributed by atoms with Crippen molar-refractivity contribution in [1.29, 1.82) is 0 Å². The largest absolute Gasteiger partial charge is 0.458 e. The molecule has 0 amide bonds. The van der Waals surface area contributed by atoms with Crippen LogP contribution in [0.4, 0.5) is 0 Å². The van der Waals surface area contributed by atoms with E-state index in [2.05, 4.69) is 47.6 Å². The summed E-state index contributed by atoms with van der Waals surface area (Å²) >= 11 is 0. The lowest BCUT2D eigenvalue weighted by Gasteiger charge is -2.60. The van der Waals surface area contributed by atoms with Crippen molar-refractivity contribution in [2.45, 2.75) is 118 Å². The molecule has 3 saturated carbocycles. The van der Waals surface area contributed by atoms with Gasteiger partial charge in [0.05, 0.1) is 11.7 Å². The Bertz CT molecular complexity index is 1010. The molecule has 0 bridgehead atoms. The Morgan fingerprint density at radius 1 is 0.974 bits per heavy atom. The summed E-state index contributed by atoms with van der Waals surface area (Å²) in [6.45, 7) is 15.4. The van der Waals surface area contributed by atoms with E-state index in [1.54, 1.807) is 0 Å². The number of hydrogen-bond acceptors (Lipinski definition) is 3. The summed E-state index contributed by atoms with van der Waals surface area (Å²) in [4.78, 5) is 12.8. The highest BCUT2D eigenvalue weighted by atomic mass is 16.5. The number of hydrogen-bond donors (Lipinski definition) is 0. The van der Waals surface area contributed by atoms with Crippen LogP contribution in [0.1, 0.15) is 116 Å². The monoisotopic (exact) mass is 534 g/mol. The van der Waals surface area contributed by atoms with Crippen LogP contribution in [0, 0.1) is 46.3 Å². The second kappa shape index (κ2) is 11.7. The van der Waals surface area contributed by atoms with Gasteiger partial charge in [-0.2, -0.15) is 0 Å². The molecule has 3 nitrogen and oxygen atoms in total. The molecule has 0 N–H and O–H groups in total. The Hall–Kier alpha value is -1.61. The molecule has 4 aliphatic carbocycles. The zero-order valence-electron chi connectivity index (χ0n) is 25.6. The van der Waals surface area contributed by atoms with Crippen LogP contribution in [-0.4, -0.2) is 24.8 Å². The number of esters is 1. The van der Waals surface area contributed by atoms with Crippen LogP contribution in [0.2, 0.25) is 0 Å². The average Bonchev–Trinajstić information content (AvgIpc) is 3.27. The van der Waals surface area contributed by atoms with E-state index in [0.29, 0.717) is 22.8 Å². The third kappa shape index (κ3) is 5.51. The second-order valence-corrected chi connectivity index (χ2v) is 14.5. The molecular formula is C36H54O3. The fourth-order valence-electron chi connectivity index (χ4n) is 9.86. The number of rotatable bonds is 9. The van der Waals surface area contributed by atoms with Crippen molar-refractivity contribution in [3.8, 4) is 0 Å². The molecule has 3 fully saturated rings. The zero-order valence-corrected chi connectivity index (χ0v) is 25.6. The van der Waals surface area contributed by atoms with E-state index >= 15 is 0 Å². The van der Waals surface area contributed by atoms with Gasteiger partial charge in [0, 0.05) is 13.0 Å². The van der Waals surface area contributed by atoms with E-state index < -0.39 is 0 Å². The van der Waals surface area contributed by atoms with Crippen molar-refractivity contribution >= 4 is 5.97 Å². The van der Waals surface area contributed by atoms with E-state index in [0.717, 1.165) is 49.5 Å². The third-order valence-electron chi connectivity index (χ3n) is 11.9. The molecule has 5 rings (SSSR count). The lowest BCUT2D eigenvalue weighted by atomic mass is 9.46. The van der Waals surface area contributed by atoms with Crippen LogP contribution >= 0.6 is 0 Å². The van der Waals surface area contributed by atoms with Crippen molar-refractivity contribution in [1.82, 2.24) is 0 Å². The van der Waals surface area contributed by atoms with E-state index in [-0.39, 0.29) is 23.6 Å². The molecule has 0 unspecified atom stereocenters. The van der Waals surface area contributed by atoms with Crippen LogP contribution < -0.4 is 0 Å². The SMILES string of the molecule is CCO[C@@H]1C=C2C[C@@H](OC(=O)c3ccccc3)CC[C@]2(C)[C@@H]2CC[C@]3(C)[C@H](CC[C@H]3[C@H](C)CCCC(C)C)[C@H]21. The van der Waals surface area contributed by atoms with Crippen LogP contribution in [0.3, 0.4) is 0 Å². The van der Waals surface area contributed by atoms with Gasteiger partial charge in [-0.05, 0) is 104 Å². The maximum absolute atomic E-state index is 12.8. The minimum Gasteiger partial charge on any atom is -0.458 e. The number of ether oxygens (including phenoxy) is 2. The van der Waals surface area contributed by atoms with E-state index in [9.17, 15) is 4.79 Å². The Morgan fingerprint density at radius 2 is 1.74 bits per heavy atom.